The van der Waals surface area contributed by atoms with Gasteiger partial charge in [0.1, 0.15) is 6.61 Å². The minimum Gasteiger partial charge on any atom is -0.486 e. The first-order valence-corrected chi connectivity index (χ1v) is 12.3. The molecule has 0 radical (unpaired) electrons. The highest BCUT2D eigenvalue weighted by Gasteiger charge is 2.31. The fourth-order valence-corrected chi connectivity index (χ4v) is 6.03. The van der Waals surface area contributed by atoms with Crippen LogP contribution in [0.3, 0.4) is 0 Å². The Labute approximate surface area is 187 Å². The molecule has 0 saturated heterocycles. The third-order valence-corrected chi connectivity index (χ3v) is 7.88. The van der Waals surface area contributed by atoms with Gasteiger partial charge in [-0.3, -0.25) is 0 Å². The van der Waals surface area contributed by atoms with Crippen LogP contribution in [0, 0.1) is 23.6 Å². The molecule has 0 N–H and O–H groups in total. The summed E-state index contributed by atoms with van der Waals surface area (Å²) in [6.07, 6.45) is 17.2. The van der Waals surface area contributed by atoms with Crippen LogP contribution in [0.4, 0.5) is 4.39 Å². The van der Waals surface area contributed by atoms with E-state index in [1.165, 1.54) is 69.8 Å². The Morgan fingerprint density at radius 3 is 2.26 bits per heavy atom. The predicted octanol–water partition coefficient (Wildman–Crippen LogP) is 8.59. The monoisotopic (exact) mass is 420 g/mol. The van der Waals surface area contributed by atoms with Gasteiger partial charge in [0, 0.05) is 5.39 Å². The normalized spacial score (nSPS) is 26.5. The second-order valence-corrected chi connectivity index (χ2v) is 9.72. The number of halogens is 1. The lowest BCUT2D eigenvalue weighted by molar-refractivity contribution is 0.157. The molecule has 166 valence electrons. The lowest BCUT2D eigenvalue weighted by Crippen LogP contribution is -2.25. The summed E-state index contributed by atoms with van der Waals surface area (Å²) in [4.78, 5) is 0. The molecular formula is C29H37FO. The van der Waals surface area contributed by atoms with Gasteiger partial charge in [-0.1, -0.05) is 55.8 Å². The molecule has 0 amide bonds. The van der Waals surface area contributed by atoms with Gasteiger partial charge in [-0.2, -0.15) is 0 Å². The van der Waals surface area contributed by atoms with Crippen LogP contribution in [0.2, 0.25) is 0 Å². The molecule has 1 nitrogen and oxygen atoms in total. The number of rotatable bonds is 8. The zero-order chi connectivity index (χ0) is 21.6. The molecule has 2 aromatic carbocycles. The van der Waals surface area contributed by atoms with Gasteiger partial charge in [-0.15, -0.1) is 6.58 Å². The molecule has 0 aromatic heterocycles. The van der Waals surface area contributed by atoms with E-state index in [4.69, 9.17) is 4.74 Å². The maximum absolute atomic E-state index is 14.8. The molecule has 2 aromatic rings. The van der Waals surface area contributed by atoms with Crippen molar-refractivity contribution < 1.29 is 9.13 Å². The zero-order valence-corrected chi connectivity index (χ0v) is 18.8. The van der Waals surface area contributed by atoms with Crippen molar-refractivity contribution in [1.29, 1.82) is 0 Å². The lowest BCUT2D eigenvalue weighted by atomic mass is 9.68. The van der Waals surface area contributed by atoms with Gasteiger partial charge >= 0.3 is 0 Å². The van der Waals surface area contributed by atoms with Crippen molar-refractivity contribution in [3.05, 3.63) is 67.0 Å². The molecule has 2 aliphatic carbocycles. The van der Waals surface area contributed by atoms with Crippen LogP contribution >= 0.6 is 0 Å². The summed E-state index contributed by atoms with van der Waals surface area (Å²) in [6.45, 7) is 7.82. The molecular weight excluding hydrogens is 383 g/mol. The van der Waals surface area contributed by atoms with E-state index in [0.717, 1.165) is 23.1 Å². The molecule has 0 unspecified atom stereocenters. The SMILES string of the molecule is C=CCCC1CCC(C2CCC(c3ccc4c(F)c(OCC=C)ccc4c3)CC2)CC1. The van der Waals surface area contributed by atoms with Crippen molar-refractivity contribution in [3.8, 4) is 5.75 Å². The van der Waals surface area contributed by atoms with E-state index in [9.17, 15) is 4.39 Å². The first kappa shape index (κ1) is 22.1. The Morgan fingerprint density at radius 2 is 1.58 bits per heavy atom. The quantitative estimate of drug-likeness (QED) is 0.388. The van der Waals surface area contributed by atoms with Gasteiger partial charge in [-0.25, -0.2) is 4.39 Å². The largest absolute Gasteiger partial charge is 0.486 e. The smallest absolute Gasteiger partial charge is 0.172 e. The van der Waals surface area contributed by atoms with E-state index in [0.29, 0.717) is 23.7 Å². The molecule has 0 bridgehead atoms. The van der Waals surface area contributed by atoms with Crippen LogP contribution in [-0.2, 0) is 0 Å². The third-order valence-electron chi connectivity index (χ3n) is 7.88. The predicted molar refractivity (Wildman–Crippen MR) is 129 cm³/mol. The Hall–Kier alpha value is -2.09. The fraction of sp³-hybridized carbons (Fsp3) is 0.517. The van der Waals surface area contributed by atoms with Crippen molar-refractivity contribution in [2.75, 3.05) is 6.61 Å². The maximum Gasteiger partial charge on any atom is 0.172 e. The van der Waals surface area contributed by atoms with E-state index in [2.05, 4.69) is 31.4 Å². The average molecular weight is 421 g/mol. The van der Waals surface area contributed by atoms with Crippen LogP contribution in [0.25, 0.3) is 10.8 Å². The fourth-order valence-electron chi connectivity index (χ4n) is 6.03. The van der Waals surface area contributed by atoms with Crippen molar-refractivity contribution in [2.45, 2.75) is 70.1 Å². The second kappa shape index (κ2) is 10.5. The summed E-state index contributed by atoms with van der Waals surface area (Å²) in [5.41, 5.74) is 1.37. The van der Waals surface area contributed by atoms with Crippen LogP contribution in [0.5, 0.6) is 5.75 Å². The Kier molecular flexibility index (Phi) is 7.48. The van der Waals surface area contributed by atoms with Crippen LogP contribution in [-0.4, -0.2) is 6.61 Å². The van der Waals surface area contributed by atoms with Crippen molar-refractivity contribution in [3.63, 3.8) is 0 Å². The molecule has 2 heteroatoms. The van der Waals surface area contributed by atoms with Gasteiger partial charge in [0.05, 0.1) is 0 Å². The summed E-state index contributed by atoms with van der Waals surface area (Å²) in [5.74, 6) is 3.45. The summed E-state index contributed by atoms with van der Waals surface area (Å²) < 4.78 is 20.2. The topological polar surface area (TPSA) is 9.23 Å². The number of hydrogen-bond acceptors (Lipinski definition) is 1. The molecule has 4 rings (SSSR count). The molecule has 0 heterocycles. The molecule has 31 heavy (non-hydrogen) atoms. The van der Waals surface area contributed by atoms with E-state index < -0.39 is 0 Å². The molecule has 0 spiro atoms. The molecule has 0 aliphatic heterocycles. The van der Waals surface area contributed by atoms with Gasteiger partial charge in [-0.05, 0) is 92.1 Å². The first-order chi connectivity index (χ1) is 15.2. The van der Waals surface area contributed by atoms with Crippen LogP contribution in [0.15, 0.2) is 55.6 Å². The van der Waals surface area contributed by atoms with Gasteiger partial charge in [0.25, 0.3) is 0 Å². The summed E-state index contributed by atoms with van der Waals surface area (Å²) >= 11 is 0. The number of hydrogen-bond donors (Lipinski definition) is 0. The highest BCUT2D eigenvalue weighted by molar-refractivity contribution is 5.85. The van der Waals surface area contributed by atoms with E-state index in [1.54, 1.807) is 12.1 Å². The Morgan fingerprint density at radius 1 is 0.871 bits per heavy atom. The molecule has 2 aliphatic rings. The Balaban J connectivity index is 1.34. The van der Waals surface area contributed by atoms with Crippen molar-refractivity contribution in [2.24, 2.45) is 17.8 Å². The first-order valence-electron chi connectivity index (χ1n) is 12.3. The third kappa shape index (κ3) is 5.22. The minimum atomic E-state index is -0.265. The summed E-state index contributed by atoms with van der Waals surface area (Å²) in [7, 11) is 0. The summed E-state index contributed by atoms with van der Waals surface area (Å²) in [5, 5.41) is 1.62. The molecule has 2 fully saturated rings. The van der Waals surface area contributed by atoms with Crippen molar-refractivity contribution in [1.82, 2.24) is 0 Å². The Bertz CT molecular complexity index is 885. The van der Waals surface area contributed by atoms with Crippen LogP contribution in [0.1, 0.15) is 75.7 Å². The standard InChI is InChI=1S/C29H37FO/c1-3-5-6-21-7-9-22(10-8-21)23-11-13-24(14-12-23)25-15-17-27-26(20-25)16-18-28(29(27)30)31-19-4-2/h3-4,15-18,20-24H,1-2,5-14,19H2. The van der Waals surface area contributed by atoms with Crippen LogP contribution < -0.4 is 4.74 Å². The van der Waals surface area contributed by atoms with Gasteiger partial charge < -0.3 is 4.74 Å². The molecule has 2 saturated carbocycles. The number of ether oxygens (including phenoxy) is 1. The van der Waals surface area contributed by atoms with E-state index >= 15 is 0 Å². The lowest BCUT2D eigenvalue weighted by Gasteiger charge is -2.38. The zero-order valence-electron chi connectivity index (χ0n) is 18.8. The van der Waals surface area contributed by atoms with E-state index in [1.807, 2.05) is 12.1 Å². The highest BCUT2D eigenvalue weighted by Crippen LogP contribution is 2.45. The van der Waals surface area contributed by atoms with E-state index in [-0.39, 0.29) is 5.82 Å². The van der Waals surface area contributed by atoms with Crippen molar-refractivity contribution >= 4 is 10.8 Å². The number of allylic oxidation sites excluding steroid dienone is 1. The second-order valence-electron chi connectivity index (χ2n) is 9.72. The highest BCUT2D eigenvalue weighted by atomic mass is 19.1. The maximum atomic E-state index is 14.8. The van der Waals surface area contributed by atoms with Gasteiger partial charge in [0.15, 0.2) is 11.6 Å². The number of benzene rings is 2. The molecule has 0 atom stereocenters. The number of fused-ring (bicyclic) bond motifs is 1. The average Bonchev–Trinajstić information content (AvgIpc) is 2.82. The summed E-state index contributed by atoms with van der Waals surface area (Å²) in [6, 6.07) is 10.0. The minimum absolute atomic E-state index is 0.265. The van der Waals surface area contributed by atoms with Gasteiger partial charge in [0.2, 0.25) is 0 Å².